The predicted molar refractivity (Wildman–Crippen MR) is 58.3 cm³/mol. The van der Waals surface area contributed by atoms with Gasteiger partial charge in [0, 0.05) is 12.6 Å². The molecule has 0 aliphatic carbocycles. The van der Waals surface area contributed by atoms with Crippen LogP contribution in [0.4, 0.5) is 0 Å². The van der Waals surface area contributed by atoms with Crippen molar-refractivity contribution in [1.82, 2.24) is 4.98 Å². The lowest BCUT2D eigenvalue weighted by atomic mass is 10.1. The molecule has 1 heterocycles. The van der Waals surface area contributed by atoms with Crippen LogP contribution in [0.25, 0.3) is 6.08 Å². The lowest BCUT2D eigenvalue weighted by Gasteiger charge is -2.01. The van der Waals surface area contributed by atoms with Crippen LogP contribution in [0.5, 0.6) is 0 Å². The van der Waals surface area contributed by atoms with Gasteiger partial charge in [0.05, 0.1) is 5.69 Å². The number of hydrogen-bond acceptors (Lipinski definition) is 3. The number of carbonyl (C=O) groups excluding carboxylic acids is 2. The van der Waals surface area contributed by atoms with Crippen LogP contribution >= 0.6 is 0 Å². The molecule has 1 aromatic heterocycles. The molecule has 0 aliphatic heterocycles. The highest BCUT2D eigenvalue weighted by atomic mass is 16.1. The summed E-state index contributed by atoms with van der Waals surface area (Å²) in [5, 5.41) is 0. The van der Waals surface area contributed by atoms with Crippen LogP contribution < -0.4 is 0 Å². The Morgan fingerprint density at radius 2 is 2.13 bits per heavy atom. The van der Waals surface area contributed by atoms with Gasteiger partial charge in [-0.25, -0.2) is 0 Å². The van der Waals surface area contributed by atoms with E-state index in [1.165, 1.54) is 19.9 Å². The third kappa shape index (κ3) is 3.85. The molecule has 0 atom stereocenters. The lowest BCUT2D eigenvalue weighted by Crippen LogP contribution is -2.00. The van der Waals surface area contributed by atoms with Gasteiger partial charge in [0.2, 0.25) is 0 Å². The maximum atomic E-state index is 11.0. The molecule has 0 bridgehead atoms. The monoisotopic (exact) mass is 203 g/mol. The molecule has 0 aromatic carbocycles. The Morgan fingerprint density at radius 1 is 1.40 bits per heavy atom. The van der Waals surface area contributed by atoms with Crippen LogP contribution in [0.1, 0.15) is 25.1 Å². The van der Waals surface area contributed by atoms with E-state index in [2.05, 4.69) is 4.98 Å². The molecule has 1 rings (SSSR count). The second-order valence-corrected chi connectivity index (χ2v) is 3.37. The van der Waals surface area contributed by atoms with Crippen molar-refractivity contribution in [2.75, 3.05) is 0 Å². The topological polar surface area (TPSA) is 47.0 Å². The minimum absolute atomic E-state index is 0.0329. The Hall–Kier alpha value is -1.77. The average Bonchev–Trinajstić information content (AvgIpc) is 2.15. The van der Waals surface area contributed by atoms with Crippen molar-refractivity contribution in [1.29, 1.82) is 0 Å². The Labute approximate surface area is 88.8 Å². The van der Waals surface area contributed by atoms with Crippen molar-refractivity contribution < 1.29 is 9.59 Å². The zero-order valence-corrected chi connectivity index (χ0v) is 8.86. The molecular weight excluding hydrogens is 190 g/mol. The molecule has 0 saturated heterocycles. The first-order chi connectivity index (χ1) is 7.09. The molecule has 0 radical (unpaired) electrons. The number of allylic oxidation sites excluding steroid dienone is 1. The van der Waals surface area contributed by atoms with Gasteiger partial charge >= 0.3 is 0 Å². The van der Waals surface area contributed by atoms with Gasteiger partial charge < -0.3 is 0 Å². The summed E-state index contributed by atoms with van der Waals surface area (Å²) in [5.41, 5.74) is 1.53. The molecule has 0 unspecified atom stereocenters. The fraction of sp³-hybridized carbons (Fsp3) is 0.250. The highest BCUT2D eigenvalue weighted by Gasteiger charge is 2.02. The Kier molecular flexibility index (Phi) is 3.92. The highest BCUT2D eigenvalue weighted by molar-refractivity contribution is 5.91. The Morgan fingerprint density at radius 3 is 2.73 bits per heavy atom. The summed E-state index contributed by atoms with van der Waals surface area (Å²) in [7, 11) is 0. The number of hydrogen-bond donors (Lipinski definition) is 0. The summed E-state index contributed by atoms with van der Waals surface area (Å²) in [6, 6.07) is 3.62. The van der Waals surface area contributed by atoms with E-state index in [1.807, 2.05) is 6.07 Å². The quantitative estimate of drug-likeness (QED) is 0.701. The first-order valence-corrected chi connectivity index (χ1v) is 4.71. The van der Waals surface area contributed by atoms with Gasteiger partial charge in [-0.05, 0) is 37.6 Å². The molecule has 0 amide bonds. The fourth-order valence-corrected chi connectivity index (χ4v) is 1.21. The van der Waals surface area contributed by atoms with Gasteiger partial charge in [-0.1, -0.05) is 6.07 Å². The summed E-state index contributed by atoms with van der Waals surface area (Å²) in [6.07, 6.45) is 5.08. The number of aromatic nitrogens is 1. The molecule has 15 heavy (non-hydrogen) atoms. The number of carbonyl (C=O) groups is 2. The molecular formula is C12H13NO2. The normalized spacial score (nSPS) is 10.5. The predicted octanol–water partition coefficient (Wildman–Crippen LogP) is 1.82. The maximum Gasteiger partial charge on any atom is 0.152 e. The molecule has 78 valence electrons. The van der Waals surface area contributed by atoms with Crippen LogP contribution in [0.2, 0.25) is 0 Å². The highest BCUT2D eigenvalue weighted by Crippen LogP contribution is 2.08. The molecule has 0 saturated carbocycles. The molecule has 0 spiro atoms. The van der Waals surface area contributed by atoms with Crippen LogP contribution in [0, 0.1) is 0 Å². The fourth-order valence-electron chi connectivity index (χ4n) is 1.21. The average molecular weight is 203 g/mol. The second kappa shape index (κ2) is 5.20. The van der Waals surface area contributed by atoms with Gasteiger partial charge in [0.25, 0.3) is 0 Å². The summed E-state index contributed by atoms with van der Waals surface area (Å²) < 4.78 is 0. The standard InChI is InChI=1S/C12H13NO2/c1-9(14)5-6-12-11(8-10(2)15)4-3-7-13-12/h3-7H,8H2,1-2H3/b6-5+. The molecule has 0 aliphatic rings. The van der Waals surface area contributed by atoms with Crippen LogP contribution in [-0.2, 0) is 16.0 Å². The number of pyridine rings is 1. The molecule has 0 fully saturated rings. The van der Waals surface area contributed by atoms with E-state index < -0.39 is 0 Å². The summed E-state index contributed by atoms with van der Waals surface area (Å²) in [4.78, 5) is 25.9. The van der Waals surface area contributed by atoms with Crippen molar-refractivity contribution in [3.63, 3.8) is 0 Å². The number of rotatable bonds is 4. The summed E-state index contributed by atoms with van der Waals surface area (Å²) >= 11 is 0. The van der Waals surface area contributed by atoms with Crippen LogP contribution in [-0.4, -0.2) is 16.6 Å². The van der Waals surface area contributed by atoms with Crippen molar-refractivity contribution in [3.8, 4) is 0 Å². The molecule has 0 N–H and O–H groups in total. The Balaban J connectivity index is 2.95. The van der Waals surface area contributed by atoms with E-state index in [-0.39, 0.29) is 11.6 Å². The van der Waals surface area contributed by atoms with E-state index in [1.54, 1.807) is 18.3 Å². The minimum atomic E-state index is -0.0329. The van der Waals surface area contributed by atoms with E-state index in [0.29, 0.717) is 12.1 Å². The molecule has 3 heteroatoms. The minimum Gasteiger partial charge on any atom is -0.300 e. The number of nitrogens with zero attached hydrogens (tertiary/aromatic N) is 1. The van der Waals surface area contributed by atoms with E-state index in [0.717, 1.165) is 5.56 Å². The smallest absolute Gasteiger partial charge is 0.152 e. The molecule has 3 nitrogen and oxygen atoms in total. The molecule has 1 aromatic rings. The summed E-state index contributed by atoms with van der Waals surface area (Å²) in [6.45, 7) is 3.01. The SMILES string of the molecule is CC(=O)/C=C/c1ncccc1CC(C)=O. The number of ketones is 2. The van der Waals surface area contributed by atoms with Crippen molar-refractivity contribution >= 4 is 17.6 Å². The van der Waals surface area contributed by atoms with Gasteiger partial charge in [0.15, 0.2) is 5.78 Å². The van der Waals surface area contributed by atoms with Crippen molar-refractivity contribution in [2.45, 2.75) is 20.3 Å². The number of Topliss-reactive ketones (excluding diaryl/α,β-unsaturated/α-hetero) is 1. The van der Waals surface area contributed by atoms with E-state index >= 15 is 0 Å². The van der Waals surface area contributed by atoms with Gasteiger partial charge in [-0.2, -0.15) is 0 Å². The first kappa shape index (κ1) is 11.3. The summed E-state index contributed by atoms with van der Waals surface area (Å²) in [5.74, 6) is 0.0508. The third-order valence-electron chi connectivity index (χ3n) is 1.84. The second-order valence-electron chi connectivity index (χ2n) is 3.37. The van der Waals surface area contributed by atoms with Crippen molar-refractivity contribution in [2.24, 2.45) is 0 Å². The van der Waals surface area contributed by atoms with Crippen LogP contribution in [0.15, 0.2) is 24.4 Å². The third-order valence-corrected chi connectivity index (χ3v) is 1.84. The van der Waals surface area contributed by atoms with Gasteiger partial charge in [0.1, 0.15) is 5.78 Å². The first-order valence-electron chi connectivity index (χ1n) is 4.71. The van der Waals surface area contributed by atoms with Gasteiger partial charge in [-0.3, -0.25) is 14.6 Å². The largest absolute Gasteiger partial charge is 0.300 e. The van der Waals surface area contributed by atoms with Gasteiger partial charge in [-0.15, -0.1) is 0 Å². The van der Waals surface area contributed by atoms with Crippen LogP contribution in [0.3, 0.4) is 0 Å². The zero-order valence-electron chi connectivity index (χ0n) is 8.86. The van der Waals surface area contributed by atoms with Crippen molar-refractivity contribution in [3.05, 3.63) is 35.7 Å². The maximum absolute atomic E-state index is 11.0. The lowest BCUT2D eigenvalue weighted by molar-refractivity contribution is -0.116. The van der Waals surface area contributed by atoms with E-state index in [4.69, 9.17) is 0 Å². The zero-order chi connectivity index (χ0) is 11.3. The Bertz CT molecular complexity index is 408. The van der Waals surface area contributed by atoms with E-state index in [9.17, 15) is 9.59 Å².